The van der Waals surface area contributed by atoms with Crippen molar-refractivity contribution in [3.05, 3.63) is 71.3 Å². The maximum atomic E-state index is 12.1. The number of carbonyl (C=O) groups is 2. The molecule has 0 bridgehead atoms. The van der Waals surface area contributed by atoms with E-state index in [1.54, 1.807) is 36.2 Å². The molecule has 2 rings (SSSR count). The number of carbonyl (C=O) groups excluding carboxylic acids is 2. The first-order valence-corrected chi connectivity index (χ1v) is 7.80. The number of benzene rings is 2. The van der Waals surface area contributed by atoms with Gasteiger partial charge in [-0.3, -0.25) is 9.59 Å². The van der Waals surface area contributed by atoms with E-state index in [9.17, 15) is 9.59 Å². The van der Waals surface area contributed by atoms with Crippen LogP contribution in [0.1, 0.15) is 27.9 Å². The van der Waals surface area contributed by atoms with Crippen molar-refractivity contribution in [2.45, 2.75) is 19.6 Å². The Morgan fingerprint density at radius 1 is 1.00 bits per heavy atom. The second-order valence-corrected chi connectivity index (χ2v) is 5.60. The molecular formula is C19H22N2O3. The van der Waals surface area contributed by atoms with Gasteiger partial charge in [-0.15, -0.1) is 0 Å². The van der Waals surface area contributed by atoms with E-state index in [0.717, 1.165) is 11.1 Å². The second-order valence-electron chi connectivity index (χ2n) is 5.60. The van der Waals surface area contributed by atoms with Crippen LogP contribution in [0.15, 0.2) is 54.6 Å². The third-order valence-corrected chi connectivity index (χ3v) is 3.66. The van der Waals surface area contributed by atoms with E-state index in [0.29, 0.717) is 31.7 Å². The summed E-state index contributed by atoms with van der Waals surface area (Å²) in [5.41, 5.74) is 7.70. The molecule has 2 aromatic carbocycles. The van der Waals surface area contributed by atoms with Crippen molar-refractivity contribution < 1.29 is 14.3 Å². The Hall–Kier alpha value is -2.66. The maximum absolute atomic E-state index is 12.1. The molecule has 0 atom stereocenters. The Bertz CT molecular complexity index is 669. The van der Waals surface area contributed by atoms with Gasteiger partial charge in [-0.2, -0.15) is 0 Å². The van der Waals surface area contributed by atoms with E-state index >= 15 is 0 Å². The molecule has 0 radical (unpaired) electrons. The molecule has 0 spiro atoms. The molecule has 2 N–H and O–H groups in total. The highest BCUT2D eigenvalue weighted by Gasteiger charge is 2.09. The quantitative estimate of drug-likeness (QED) is 0.757. The van der Waals surface area contributed by atoms with Gasteiger partial charge in [0.05, 0.1) is 19.6 Å². The number of hydrogen-bond acceptors (Lipinski definition) is 3. The highest BCUT2D eigenvalue weighted by atomic mass is 16.5. The van der Waals surface area contributed by atoms with Crippen LogP contribution in [-0.2, 0) is 22.7 Å². The van der Waals surface area contributed by atoms with Gasteiger partial charge in [0.15, 0.2) is 0 Å². The van der Waals surface area contributed by atoms with Crippen molar-refractivity contribution in [2.24, 2.45) is 5.73 Å². The van der Waals surface area contributed by atoms with Crippen LogP contribution >= 0.6 is 0 Å². The predicted molar refractivity (Wildman–Crippen MR) is 92.1 cm³/mol. The van der Waals surface area contributed by atoms with Crippen molar-refractivity contribution in [2.75, 3.05) is 13.7 Å². The molecule has 0 fully saturated rings. The van der Waals surface area contributed by atoms with Crippen molar-refractivity contribution in [3.63, 3.8) is 0 Å². The van der Waals surface area contributed by atoms with Gasteiger partial charge in [0.25, 0.3) is 0 Å². The molecule has 0 aliphatic heterocycles. The number of nitrogens with zero attached hydrogens (tertiary/aromatic N) is 1. The molecule has 2 aromatic rings. The molecule has 0 unspecified atom stereocenters. The fourth-order valence-corrected chi connectivity index (χ4v) is 2.25. The molecule has 0 aromatic heterocycles. The monoisotopic (exact) mass is 326 g/mol. The zero-order chi connectivity index (χ0) is 17.4. The van der Waals surface area contributed by atoms with E-state index in [1.165, 1.54) is 0 Å². The number of ether oxygens (including phenoxy) is 1. The fraction of sp³-hybridized carbons (Fsp3) is 0.263. The normalized spacial score (nSPS) is 10.4. The Balaban J connectivity index is 1.72. The Kier molecular flexibility index (Phi) is 6.51. The van der Waals surface area contributed by atoms with Crippen LogP contribution in [0, 0.1) is 0 Å². The lowest BCUT2D eigenvalue weighted by molar-refractivity contribution is -0.131. The van der Waals surface area contributed by atoms with Crippen LogP contribution < -0.4 is 5.73 Å². The topological polar surface area (TPSA) is 72.6 Å². The zero-order valence-electron chi connectivity index (χ0n) is 13.8. The molecule has 0 aliphatic rings. The molecular weight excluding hydrogens is 304 g/mol. The third kappa shape index (κ3) is 5.52. The molecule has 5 heteroatoms. The number of nitrogens with two attached hydrogens (primary N) is 1. The Morgan fingerprint density at radius 3 is 2.29 bits per heavy atom. The summed E-state index contributed by atoms with van der Waals surface area (Å²) in [4.78, 5) is 24.8. The molecule has 5 nitrogen and oxygen atoms in total. The standard InChI is InChI=1S/C19H22N2O3/c1-21(13-15-7-9-17(10-8-15)19(20)23)18(22)11-12-24-14-16-5-3-2-4-6-16/h2-10H,11-14H2,1H3,(H2,20,23). The number of amides is 2. The molecule has 0 saturated carbocycles. The van der Waals surface area contributed by atoms with E-state index < -0.39 is 5.91 Å². The maximum Gasteiger partial charge on any atom is 0.248 e. The number of rotatable bonds is 8. The largest absolute Gasteiger partial charge is 0.376 e. The minimum Gasteiger partial charge on any atom is -0.376 e. The van der Waals surface area contributed by atoms with Crippen LogP contribution in [0.3, 0.4) is 0 Å². The van der Waals surface area contributed by atoms with Crippen molar-refractivity contribution in [1.29, 1.82) is 0 Å². The molecule has 0 aliphatic carbocycles. The summed E-state index contributed by atoms with van der Waals surface area (Å²) < 4.78 is 5.53. The summed E-state index contributed by atoms with van der Waals surface area (Å²) in [6, 6.07) is 16.8. The molecule has 0 heterocycles. The van der Waals surface area contributed by atoms with Gasteiger partial charge in [-0.25, -0.2) is 0 Å². The molecule has 0 saturated heterocycles. The second kappa shape index (κ2) is 8.84. The summed E-state index contributed by atoms with van der Waals surface area (Å²) in [5.74, 6) is -0.441. The number of primary amides is 1. The molecule has 24 heavy (non-hydrogen) atoms. The Morgan fingerprint density at radius 2 is 1.67 bits per heavy atom. The highest BCUT2D eigenvalue weighted by Crippen LogP contribution is 2.08. The molecule has 126 valence electrons. The first-order chi connectivity index (χ1) is 11.6. The van der Waals surface area contributed by atoms with E-state index in [-0.39, 0.29) is 5.91 Å². The van der Waals surface area contributed by atoms with Crippen molar-refractivity contribution in [1.82, 2.24) is 4.90 Å². The lowest BCUT2D eigenvalue weighted by Crippen LogP contribution is -2.27. The highest BCUT2D eigenvalue weighted by molar-refractivity contribution is 5.92. The first kappa shape index (κ1) is 17.7. The van der Waals surface area contributed by atoms with Crippen LogP contribution in [0.2, 0.25) is 0 Å². The molecule has 2 amide bonds. The lowest BCUT2D eigenvalue weighted by Gasteiger charge is -2.17. The minimum atomic E-state index is -0.457. The van der Waals surface area contributed by atoms with Gasteiger partial charge in [0, 0.05) is 19.2 Å². The fourth-order valence-electron chi connectivity index (χ4n) is 2.25. The zero-order valence-corrected chi connectivity index (χ0v) is 13.8. The predicted octanol–water partition coefficient (Wildman–Crippen LogP) is 2.35. The average Bonchev–Trinajstić information content (AvgIpc) is 2.60. The Labute approximate surface area is 142 Å². The average molecular weight is 326 g/mol. The van der Waals surface area contributed by atoms with E-state index in [1.807, 2.05) is 30.3 Å². The van der Waals surface area contributed by atoms with Crippen LogP contribution in [0.4, 0.5) is 0 Å². The summed E-state index contributed by atoms with van der Waals surface area (Å²) in [6.07, 6.45) is 0.336. The summed E-state index contributed by atoms with van der Waals surface area (Å²) in [7, 11) is 1.75. The number of hydrogen-bond donors (Lipinski definition) is 1. The van der Waals surface area contributed by atoms with E-state index in [2.05, 4.69) is 0 Å². The van der Waals surface area contributed by atoms with E-state index in [4.69, 9.17) is 10.5 Å². The third-order valence-electron chi connectivity index (χ3n) is 3.66. The van der Waals surface area contributed by atoms with Gasteiger partial charge >= 0.3 is 0 Å². The van der Waals surface area contributed by atoms with Crippen molar-refractivity contribution in [3.8, 4) is 0 Å². The van der Waals surface area contributed by atoms with Crippen LogP contribution in [-0.4, -0.2) is 30.4 Å². The minimum absolute atomic E-state index is 0.0158. The van der Waals surface area contributed by atoms with Gasteiger partial charge in [-0.1, -0.05) is 42.5 Å². The van der Waals surface area contributed by atoms with Crippen LogP contribution in [0.25, 0.3) is 0 Å². The lowest BCUT2D eigenvalue weighted by atomic mass is 10.1. The van der Waals surface area contributed by atoms with Crippen molar-refractivity contribution >= 4 is 11.8 Å². The van der Waals surface area contributed by atoms with Gasteiger partial charge in [0.1, 0.15) is 0 Å². The summed E-state index contributed by atoms with van der Waals surface area (Å²) in [6.45, 7) is 1.38. The van der Waals surface area contributed by atoms with Crippen LogP contribution in [0.5, 0.6) is 0 Å². The van der Waals surface area contributed by atoms with Gasteiger partial charge in [-0.05, 0) is 23.3 Å². The smallest absolute Gasteiger partial charge is 0.248 e. The SMILES string of the molecule is CN(Cc1ccc(C(N)=O)cc1)C(=O)CCOCc1ccccc1. The summed E-state index contributed by atoms with van der Waals surface area (Å²) in [5, 5.41) is 0. The summed E-state index contributed by atoms with van der Waals surface area (Å²) >= 11 is 0. The first-order valence-electron chi connectivity index (χ1n) is 7.80. The van der Waals surface area contributed by atoms with Gasteiger partial charge < -0.3 is 15.4 Å². The van der Waals surface area contributed by atoms with Gasteiger partial charge in [0.2, 0.25) is 11.8 Å².